The Morgan fingerprint density at radius 1 is 0.263 bits per heavy atom. The van der Waals surface area contributed by atoms with Crippen molar-refractivity contribution in [1.29, 1.82) is 0 Å². The number of carbonyl (C=O) groups is 3. The predicted molar refractivity (Wildman–Crippen MR) is 330 cm³/mol. The molecular weight excluding hydrogens is 937 g/mol. The molecule has 0 N–H and O–H groups in total. The molecule has 1 unspecified atom stereocenters. The molecule has 0 saturated carbocycles. The summed E-state index contributed by atoms with van der Waals surface area (Å²) in [5.41, 5.74) is 0. The van der Waals surface area contributed by atoms with Gasteiger partial charge in [-0.05, 0) is 103 Å². The van der Waals surface area contributed by atoms with Crippen molar-refractivity contribution in [2.75, 3.05) is 13.2 Å². The lowest BCUT2D eigenvalue weighted by Crippen LogP contribution is -2.30. The standard InChI is InChI=1S/C70H126O6/c1-4-7-10-13-16-19-22-25-28-29-30-31-32-33-34-35-36-37-38-39-40-41-43-45-48-51-54-57-60-63-69(72)75-66-67(65-74-68(71)62-59-56-53-50-47-44-27-24-21-18-15-12-9-6-3)76-70(73)64-61-58-55-52-49-46-42-26-23-20-17-14-11-8-5-2/h15,17-18,20,24,26-27,29-30,42,67H,4-14,16,19,21-23,25,28,31-41,43-66H2,1-3H3/b18-15-,20-17-,27-24-,30-29-,42-26-. The van der Waals surface area contributed by atoms with Crippen molar-refractivity contribution >= 4 is 17.9 Å². The van der Waals surface area contributed by atoms with Crippen LogP contribution in [-0.4, -0.2) is 37.2 Å². The highest BCUT2D eigenvalue weighted by Crippen LogP contribution is 2.17. The first kappa shape index (κ1) is 73.1. The van der Waals surface area contributed by atoms with E-state index < -0.39 is 6.10 Å². The van der Waals surface area contributed by atoms with Gasteiger partial charge in [-0.1, -0.05) is 287 Å². The number of hydrogen-bond acceptors (Lipinski definition) is 6. The topological polar surface area (TPSA) is 78.9 Å². The van der Waals surface area contributed by atoms with Crippen LogP contribution in [0.5, 0.6) is 0 Å². The van der Waals surface area contributed by atoms with Gasteiger partial charge in [0.1, 0.15) is 13.2 Å². The van der Waals surface area contributed by atoms with Gasteiger partial charge in [-0.3, -0.25) is 14.4 Å². The number of allylic oxidation sites excluding steroid dienone is 10. The van der Waals surface area contributed by atoms with Gasteiger partial charge in [-0.2, -0.15) is 0 Å². The van der Waals surface area contributed by atoms with Crippen molar-refractivity contribution < 1.29 is 28.6 Å². The van der Waals surface area contributed by atoms with Crippen molar-refractivity contribution in [1.82, 2.24) is 0 Å². The van der Waals surface area contributed by atoms with Crippen LogP contribution in [0.2, 0.25) is 0 Å². The third-order valence-corrected chi connectivity index (χ3v) is 14.7. The van der Waals surface area contributed by atoms with Gasteiger partial charge in [0, 0.05) is 19.3 Å². The first-order valence-electron chi connectivity index (χ1n) is 33.3. The van der Waals surface area contributed by atoms with Crippen LogP contribution in [0.1, 0.15) is 348 Å². The van der Waals surface area contributed by atoms with Crippen LogP contribution in [0, 0.1) is 0 Å². The summed E-state index contributed by atoms with van der Waals surface area (Å²) >= 11 is 0. The van der Waals surface area contributed by atoms with Crippen LogP contribution in [0.15, 0.2) is 60.8 Å². The Hall–Kier alpha value is -2.89. The van der Waals surface area contributed by atoms with Crippen LogP contribution in [0.25, 0.3) is 0 Å². The summed E-state index contributed by atoms with van der Waals surface area (Å²) in [5.74, 6) is -0.894. The fraction of sp³-hybridized carbons (Fsp3) is 0.814. The van der Waals surface area contributed by atoms with Crippen molar-refractivity contribution in [3.8, 4) is 0 Å². The summed E-state index contributed by atoms with van der Waals surface area (Å²) in [4.78, 5) is 38.3. The number of unbranched alkanes of at least 4 members (excludes halogenated alkanes) is 40. The second-order valence-corrected chi connectivity index (χ2v) is 22.4. The molecule has 0 aliphatic carbocycles. The molecule has 442 valence electrons. The van der Waals surface area contributed by atoms with E-state index in [0.29, 0.717) is 19.3 Å². The van der Waals surface area contributed by atoms with Gasteiger partial charge in [0.25, 0.3) is 0 Å². The Kier molecular flexibility index (Phi) is 62.2. The van der Waals surface area contributed by atoms with E-state index in [4.69, 9.17) is 14.2 Å². The molecule has 0 heterocycles. The second-order valence-electron chi connectivity index (χ2n) is 22.4. The van der Waals surface area contributed by atoms with Gasteiger partial charge in [0.05, 0.1) is 0 Å². The molecule has 0 aromatic rings. The Morgan fingerprint density at radius 3 is 0.803 bits per heavy atom. The number of rotatable bonds is 61. The van der Waals surface area contributed by atoms with Crippen LogP contribution >= 0.6 is 0 Å². The molecule has 0 saturated heterocycles. The largest absolute Gasteiger partial charge is 0.462 e. The van der Waals surface area contributed by atoms with Gasteiger partial charge < -0.3 is 14.2 Å². The first-order valence-corrected chi connectivity index (χ1v) is 33.3. The zero-order valence-corrected chi connectivity index (χ0v) is 50.8. The lowest BCUT2D eigenvalue weighted by Gasteiger charge is -2.18. The van der Waals surface area contributed by atoms with Crippen LogP contribution in [0.3, 0.4) is 0 Å². The summed E-state index contributed by atoms with van der Waals surface area (Å²) in [6, 6.07) is 0. The maximum atomic E-state index is 12.9. The zero-order chi connectivity index (χ0) is 55.0. The highest BCUT2D eigenvalue weighted by Gasteiger charge is 2.19. The SMILES string of the molecule is CCCC/C=C\C/C=C\CCCCCCCC(=O)OCC(COC(=O)CCCCCCCCCCCCCCCCCCC/C=C\CCCCCCCCCC)OC(=O)CCCCCCC/C=C\C/C=C\CCCCC. The summed E-state index contributed by atoms with van der Waals surface area (Å²) < 4.78 is 16.9. The van der Waals surface area contributed by atoms with E-state index in [0.717, 1.165) is 103 Å². The molecule has 0 fully saturated rings. The Balaban J connectivity index is 4.20. The van der Waals surface area contributed by atoms with E-state index >= 15 is 0 Å². The lowest BCUT2D eigenvalue weighted by molar-refractivity contribution is -0.167. The van der Waals surface area contributed by atoms with Crippen molar-refractivity contribution in [2.24, 2.45) is 0 Å². The third-order valence-electron chi connectivity index (χ3n) is 14.7. The smallest absolute Gasteiger partial charge is 0.306 e. The molecule has 6 nitrogen and oxygen atoms in total. The summed E-state index contributed by atoms with van der Waals surface area (Å²) in [5, 5.41) is 0. The monoisotopic (exact) mass is 1060 g/mol. The lowest BCUT2D eigenvalue weighted by atomic mass is 10.0. The molecule has 0 spiro atoms. The molecule has 6 heteroatoms. The van der Waals surface area contributed by atoms with E-state index in [1.807, 2.05) is 0 Å². The minimum Gasteiger partial charge on any atom is -0.462 e. The minimum absolute atomic E-state index is 0.0820. The molecule has 1 atom stereocenters. The van der Waals surface area contributed by atoms with Crippen molar-refractivity contribution in [3.63, 3.8) is 0 Å². The molecule has 0 bridgehead atoms. The van der Waals surface area contributed by atoms with Crippen molar-refractivity contribution in [2.45, 2.75) is 354 Å². The maximum absolute atomic E-state index is 12.9. The van der Waals surface area contributed by atoms with Crippen LogP contribution < -0.4 is 0 Å². The van der Waals surface area contributed by atoms with Crippen LogP contribution in [0.4, 0.5) is 0 Å². The second kappa shape index (κ2) is 64.6. The number of esters is 3. The molecule has 0 aromatic heterocycles. The normalized spacial score (nSPS) is 12.4. The number of ether oxygens (including phenoxy) is 3. The fourth-order valence-corrected chi connectivity index (χ4v) is 9.66. The average molecular weight is 1060 g/mol. The Bertz CT molecular complexity index is 1360. The predicted octanol–water partition coefficient (Wildman–Crippen LogP) is 22.7. The summed E-state index contributed by atoms with van der Waals surface area (Å²) in [6.45, 7) is 6.59. The highest BCUT2D eigenvalue weighted by atomic mass is 16.6. The Labute approximate surface area is 472 Å². The summed E-state index contributed by atoms with van der Waals surface area (Å²) in [7, 11) is 0. The van der Waals surface area contributed by atoms with Crippen LogP contribution in [-0.2, 0) is 28.6 Å². The van der Waals surface area contributed by atoms with Gasteiger partial charge in [0.2, 0.25) is 0 Å². The molecular formula is C70H126O6. The van der Waals surface area contributed by atoms with E-state index in [9.17, 15) is 14.4 Å². The molecule has 0 amide bonds. The molecule has 0 aromatic carbocycles. The number of carbonyl (C=O) groups excluding carboxylic acids is 3. The minimum atomic E-state index is -0.787. The quantitative estimate of drug-likeness (QED) is 0.0261. The zero-order valence-electron chi connectivity index (χ0n) is 50.8. The molecule has 0 rings (SSSR count). The molecule has 0 radical (unpaired) electrons. The van der Waals surface area contributed by atoms with E-state index in [1.165, 1.54) is 205 Å². The maximum Gasteiger partial charge on any atom is 0.306 e. The fourth-order valence-electron chi connectivity index (χ4n) is 9.66. The highest BCUT2D eigenvalue weighted by molar-refractivity contribution is 5.71. The van der Waals surface area contributed by atoms with Crippen molar-refractivity contribution in [3.05, 3.63) is 60.8 Å². The Morgan fingerprint density at radius 2 is 0.487 bits per heavy atom. The molecule has 0 aliphatic rings. The van der Waals surface area contributed by atoms with Gasteiger partial charge in [0.15, 0.2) is 6.10 Å². The number of hydrogen-bond donors (Lipinski definition) is 0. The van der Waals surface area contributed by atoms with E-state index in [-0.39, 0.29) is 31.1 Å². The van der Waals surface area contributed by atoms with E-state index in [2.05, 4.69) is 81.5 Å². The van der Waals surface area contributed by atoms with Gasteiger partial charge in [-0.25, -0.2) is 0 Å². The van der Waals surface area contributed by atoms with E-state index in [1.54, 1.807) is 0 Å². The van der Waals surface area contributed by atoms with Gasteiger partial charge >= 0.3 is 17.9 Å². The summed E-state index contributed by atoms with van der Waals surface area (Å²) in [6.07, 6.45) is 82.5. The molecule has 76 heavy (non-hydrogen) atoms. The average Bonchev–Trinajstić information content (AvgIpc) is 3.42. The third kappa shape index (κ3) is 62.0. The molecule has 0 aliphatic heterocycles. The first-order chi connectivity index (χ1) is 37.5. The van der Waals surface area contributed by atoms with Gasteiger partial charge in [-0.15, -0.1) is 0 Å².